The van der Waals surface area contributed by atoms with Gasteiger partial charge >= 0.3 is 5.97 Å². The predicted octanol–water partition coefficient (Wildman–Crippen LogP) is 3.34. The Balaban J connectivity index is 2.03. The Hall–Kier alpha value is -1.90. The summed E-state index contributed by atoms with van der Waals surface area (Å²) in [5, 5.41) is 9.73. The van der Waals surface area contributed by atoms with E-state index in [0.29, 0.717) is 0 Å². The first-order valence-electron chi connectivity index (χ1n) is 6.22. The Morgan fingerprint density at radius 1 is 1.28 bits per heavy atom. The van der Waals surface area contributed by atoms with Gasteiger partial charge in [-0.25, -0.2) is 0 Å². The molecule has 1 heterocycles. The molecule has 2 aromatic rings. The number of pyridine rings is 1. The molecule has 0 radical (unpaired) electrons. The molecule has 3 heteroatoms. The number of aliphatic carboxylic acids is 1. The summed E-state index contributed by atoms with van der Waals surface area (Å²) < 4.78 is 0. The third kappa shape index (κ3) is 3.29. The molecular formula is C15H17NO2. The molecule has 3 nitrogen and oxygen atoms in total. The molecule has 0 unspecified atom stereocenters. The summed E-state index contributed by atoms with van der Waals surface area (Å²) in [6.45, 7) is 2.03. The SMILES string of the molecule is Cc1cnc2ccc(CCCCC(=O)O)cc2c1. The lowest BCUT2D eigenvalue weighted by Gasteiger charge is -2.04. The molecule has 0 aliphatic carbocycles. The van der Waals surface area contributed by atoms with E-state index < -0.39 is 5.97 Å². The summed E-state index contributed by atoms with van der Waals surface area (Å²) in [5.41, 5.74) is 3.42. The van der Waals surface area contributed by atoms with Crippen LogP contribution >= 0.6 is 0 Å². The second-order valence-corrected chi connectivity index (χ2v) is 4.64. The highest BCUT2D eigenvalue weighted by Gasteiger charge is 2.00. The molecule has 0 saturated carbocycles. The number of hydrogen-bond donors (Lipinski definition) is 1. The van der Waals surface area contributed by atoms with Gasteiger partial charge in [0.15, 0.2) is 0 Å². The third-order valence-corrected chi connectivity index (χ3v) is 2.99. The van der Waals surface area contributed by atoms with Crippen LogP contribution in [0.3, 0.4) is 0 Å². The zero-order valence-electron chi connectivity index (χ0n) is 10.5. The van der Waals surface area contributed by atoms with Gasteiger partial charge in [0.2, 0.25) is 0 Å². The maximum absolute atomic E-state index is 10.4. The van der Waals surface area contributed by atoms with Gasteiger partial charge in [-0.05, 0) is 55.5 Å². The van der Waals surface area contributed by atoms with Gasteiger partial charge in [-0.3, -0.25) is 9.78 Å². The molecule has 0 aliphatic rings. The third-order valence-electron chi connectivity index (χ3n) is 2.99. The quantitative estimate of drug-likeness (QED) is 0.819. The van der Waals surface area contributed by atoms with Gasteiger partial charge in [-0.2, -0.15) is 0 Å². The highest BCUT2D eigenvalue weighted by molar-refractivity contribution is 5.79. The highest BCUT2D eigenvalue weighted by Crippen LogP contribution is 2.17. The number of aryl methyl sites for hydroxylation is 2. The summed E-state index contributed by atoms with van der Waals surface area (Å²) in [5.74, 6) is -0.715. The largest absolute Gasteiger partial charge is 0.481 e. The molecule has 0 bridgehead atoms. The predicted molar refractivity (Wildman–Crippen MR) is 71.7 cm³/mol. The molecule has 0 saturated heterocycles. The number of unbranched alkanes of at least 4 members (excludes halogenated alkanes) is 1. The van der Waals surface area contributed by atoms with E-state index in [0.717, 1.165) is 35.7 Å². The number of carbonyl (C=O) groups is 1. The maximum atomic E-state index is 10.4. The summed E-state index contributed by atoms with van der Waals surface area (Å²) >= 11 is 0. The monoisotopic (exact) mass is 243 g/mol. The molecule has 94 valence electrons. The zero-order valence-corrected chi connectivity index (χ0v) is 10.5. The minimum Gasteiger partial charge on any atom is -0.481 e. The molecule has 0 spiro atoms. The first-order valence-corrected chi connectivity index (χ1v) is 6.22. The van der Waals surface area contributed by atoms with Crippen molar-refractivity contribution in [3.63, 3.8) is 0 Å². The number of benzene rings is 1. The fourth-order valence-corrected chi connectivity index (χ4v) is 2.05. The van der Waals surface area contributed by atoms with Crippen LogP contribution in [0, 0.1) is 6.92 Å². The van der Waals surface area contributed by atoms with Gasteiger partial charge in [-0.15, -0.1) is 0 Å². The minimum atomic E-state index is -0.715. The summed E-state index contributed by atoms with van der Waals surface area (Å²) in [6.07, 6.45) is 4.71. The molecule has 0 aliphatic heterocycles. The van der Waals surface area contributed by atoms with Gasteiger partial charge in [0, 0.05) is 18.0 Å². The van der Waals surface area contributed by atoms with Crippen molar-refractivity contribution in [3.8, 4) is 0 Å². The molecule has 2 rings (SSSR count). The van der Waals surface area contributed by atoms with Crippen molar-refractivity contribution in [1.29, 1.82) is 0 Å². The van der Waals surface area contributed by atoms with Crippen LogP contribution in [0.1, 0.15) is 30.4 Å². The van der Waals surface area contributed by atoms with Gasteiger partial charge in [-0.1, -0.05) is 6.07 Å². The van der Waals surface area contributed by atoms with Crippen LogP contribution in [-0.4, -0.2) is 16.1 Å². The number of rotatable bonds is 5. The molecule has 0 atom stereocenters. The lowest BCUT2D eigenvalue weighted by molar-refractivity contribution is -0.137. The highest BCUT2D eigenvalue weighted by atomic mass is 16.4. The Bertz CT molecular complexity index is 563. The van der Waals surface area contributed by atoms with Crippen molar-refractivity contribution in [1.82, 2.24) is 4.98 Å². The van der Waals surface area contributed by atoms with Gasteiger partial charge in [0.25, 0.3) is 0 Å². The van der Waals surface area contributed by atoms with E-state index in [1.165, 1.54) is 5.56 Å². The molecule has 0 amide bonds. The fraction of sp³-hybridized carbons (Fsp3) is 0.333. The van der Waals surface area contributed by atoms with Gasteiger partial charge < -0.3 is 5.11 Å². The fourth-order valence-electron chi connectivity index (χ4n) is 2.05. The number of hydrogen-bond acceptors (Lipinski definition) is 2. The van der Waals surface area contributed by atoms with E-state index in [1.807, 2.05) is 19.2 Å². The summed E-state index contributed by atoms with van der Waals surface area (Å²) in [7, 11) is 0. The van der Waals surface area contributed by atoms with E-state index in [1.54, 1.807) is 0 Å². The Morgan fingerprint density at radius 3 is 2.89 bits per heavy atom. The number of nitrogens with zero attached hydrogens (tertiary/aromatic N) is 1. The van der Waals surface area contributed by atoms with Crippen molar-refractivity contribution >= 4 is 16.9 Å². The van der Waals surface area contributed by atoms with Crippen LogP contribution in [0.15, 0.2) is 30.5 Å². The Kier molecular flexibility index (Phi) is 3.92. The van der Waals surface area contributed by atoms with Crippen molar-refractivity contribution < 1.29 is 9.90 Å². The number of carboxylic acids is 1. The first-order chi connectivity index (χ1) is 8.65. The molecular weight excluding hydrogens is 226 g/mol. The molecule has 1 aromatic heterocycles. The van der Waals surface area contributed by atoms with Gasteiger partial charge in [0.05, 0.1) is 5.52 Å². The second-order valence-electron chi connectivity index (χ2n) is 4.64. The first kappa shape index (κ1) is 12.6. The maximum Gasteiger partial charge on any atom is 0.303 e. The van der Waals surface area contributed by atoms with Crippen molar-refractivity contribution in [2.75, 3.05) is 0 Å². The minimum absolute atomic E-state index is 0.258. The molecule has 18 heavy (non-hydrogen) atoms. The summed E-state index contributed by atoms with van der Waals surface area (Å²) in [6, 6.07) is 8.38. The molecule has 1 aromatic carbocycles. The lowest BCUT2D eigenvalue weighted by atomic mass is 10.0. The number of carboxylic acid groups (broad SMARTS) is 1. The van der Waals surface area contributed by atoms with Crippen LogP contribution in [-0.2, 0) is 11.2 Å². The van der Waals surface area contributed by atoms with Crippen LogP contribution in [0.5, 0.6) is 0 Å². The van der Waals surface area contributed by atoms with Crippen molar-refractivity contribution in [3.05, 3.63) is 41.6 Å². The van der Waals surface area contributed by atoms with E-state index >= 15 is 0 Å². The standard InChI is InChI=1S/C15H17NO2/c1-11-8-13-9-12(4-2-3-5-15(17)18)6-7-14(13)16-10-11/h6-10H,2-5H2,1H3,(H,17,18). The van der Waals surface area contributed by atoms with Crippen LogP contribution in [0.4, 0.5) is 0 Å². The van der Waals surface area contributed by atoms with Gasteiger partial charge in [0.1, 0.15) is 0 Å². The van der Waals surface area contributed by atoms with Crippen LogP contribution < -0.4 is 0 Å². The molecule has 0 fully saturated rings. The van der Waals surface area contributed by atoms with E-state index in [-0.39, 0.29) is 6.42 Å². The van der Waals surface area contributed by atoms with Crippen LogP contribution in [0.2, 0.25) is 0 Å². The average Bonchev–Trinajstić information content (AvgIpc) is 2.34. The normalized spacial score (nSPS) is 10.7. The van der Waals surface area contributed by atoms with E-state index in [4.69, 9.17) is 5.11 Å². The van der Waals surface area contributed by atoms with E-state index in [2.05, 4.69) is 23.2 Å². The van der Waals surface area contributed by atoms with Crippen LogP contribution in [0.25, 0.3) is 10.9 Å². The molecule has 1 N–H and O–H groups in total. The van der Waals surface area contributed by atoms with Crippen molar-refractivity contribution in [2.24, 2.45) is 0 Å². The second kappa shape index (κ2) is 5.63. The zero-order chi connectivity index (χ0) is 13.0. The number of fused-ring (bicyclic) bond motifs is 1. The Labute approximate surface area is 106 Å². The lowest BCUT2D eigenvalue weighted by Crippen LogP contribution is -1.95. The number of aromatic nitrogens is 1. The van der Waals surface area contributed by atoms with E-state index in [9.17, 15) is 4.79 Å². The summed E-state index contributed by atoms with van der Waals surface area (Å²) in [4.78, 5) is 14.8. The van der Waals surface area contributed by atoms with Crippen molar-refractivity contribution in [2.45, 2.75) is 32.6 Å². The Morgan fingerprint density at radius 2 is 2.11 bits per heavy atom. The smallest absolute Gasteiger partial charge is 0.303 e. The average molecular weight is 243 g/mol. The topological polar surface area (TPSA) is 50.2 Å².